The van der Waals surface area contributed by atoms with E-state index < -0.39 is 0 Å². The molecular weight excluding hydrogens is 294 g/mol. The number of amides is 1. The minimum absolute atomic E-state index is 0.125. The molecule has 0 fully saturated rings. The van der Waals surface area contributed by atoms with Crippen molar-refractivity contribution in [3.05, 3.63) is 35.7 Å². The van der Waals surface area contributed by atoms with Gasteiger partial charge in [0.05, 0.1) is 0 Å². The van der Waals surface area contributed by atoms with Crippen molar-refractivity contribution >= 4 is 5.91 Å². The van der Waals surface area contributed by atoms with Gasteiger partial charge in [0.25, 0.3) is 11.8 Å². The van der Waals surface area contributed by atoms with Crippen LogP contribution in [0.2, 0.25) is 0 Å². The lowest BCUT2D eigenvalue weighted by atomic mass is 10.1. The number of nitrogens with one attached hydrogen (secondary N) is 1. The lowest BCUT2D eigenvalue weighted by Gasteiger charge is -2.03. The van der Waals surface area contributed by atoms with Crippen LogP contribution in [0.3, 0.4) is 0 Å². The number of nitrogens with zero attached hydrogens (tertiary/aromatic N) is 2. The highest BCUT2D eigenvalue weighted by Crippen LogP contribution is 2.17. The predicted octanol–water partition coefficient (Wildman–Crippen LogP) is 3.05. The van der Waals surface area contributed by atoms with Gasteiger partial charge >= 0.3 is 0 Å². The van der Waals surface area contributed by atoms with E-state index in [1.807, 2.05) is 0 Å². The summed E-state index contributed by atoms with van der Waals surface area (Å²) in [5.74, 6) is 1.51. The number of hydrogen-bond acceptors (Lipinski definition) is 5. The van der Waals surface area contributed by atoms with Crippen molar-refractivity contribution in [2.75, 3.05) is 13.7 Å². The maximum Gasteiger partial charge on any atom is 0.252 e. The first-order valence-corrected chi connectivity index (χ1v) is 7.83. The van der Waals surface area contributed by atoms with Crippen molar-refractivity contribution in [2.24, 2.45) is 5.92 Å². The molecule has 0 saturated heterocycles. The molecule has 6 nitrogen and oxygen atoms in total. The molecule has 2 aromatic rings. The first kappa shape index (κ1) is 17.1. The van der Waals surface area contributed by atoms with Gasteiger partial charge in [-0.05, 0) is 30.9 Å². The van der Waals surface area contributed by atoms with Crippen LogP contribution in [0.25, 0.3) is 11.4 Å². The molecule has 1 N–H and O–H groups in total. The molecule has 0 aliphatic carbocycles. The van der Waals surface area contributed by atoms with Crippen LogP contribution >= 0.6 is 0 Å². The van der Waals surface area contributed by atoms with E-state index in [0.717, 1.165) is 18.4 Å². The average molecular weight is 317 g/mol. The number of benzene rings is 1. The number of ether oxygens (including phenoxy) is 1. The van der Waals surface area contributed by atoms with Crippen molar-refractivity contribution in [1.82, 2.24) is 15.5 Å². The highest BCUT2D eigenvalue weighted by Gasteiger charge is 2.10. The summed E-state index contributed by atoms with van der Waals surface area (Å²) >= 11 is 0. The topological polar surface area (TPSA) is 77.2 Å². The van der Waals surface area contributed by atoms with Gasteiger partial charge in [0.1, 0.15) is 6.61 Å². The fourth-order valence-electron chi connectivity index (χ4n) is 2.10. The van der Waals surface area contributed by atoms with Crippen molar-refractivity contribution in [2.45, 2.75) is 33.3 Å². The van der Waals surface area contributed by atoms with E-state index in [-0.39, 0.29) is 5.91 Å². The van der Waals surface area contributed by atoms with E-state index in [9.17, 15) is 4.79 Å². The lowest BCUT2D eigenvalue weighted by Crippen LogP contribution is -2.17. The molecule has 0 atom stereocenters. The van der Waals surface area contributed by atoms with Crippen LogP contribution in [0.15, 0.2) is 28.8 Å². The Bertz CT molecular complexity index is 620. The van der Waals surface area contributed by atoms with Crippen LogP contribution in [0.1, 0.15) is 42.9 Å². The number of carbonyl (C=O) groups is 1. The quantitative estimate of drug-likeness (QED) is 0.757. The molecule has 1 aromatic carbocycles. The molecule has 0 bridgehead atoms. The van der Waals surface area contributed by atoms with Gasteiger partial charge in [-0.25, -0.2) is 0 Å². The lowest BCUT2D eigenvalue weighted by molar-refractivity contribution is 0.0928. The number of carbonyl (C=O) groups excluding carboxylic acids is 1. The Morgan fingerprint density at radius 2 is 2.04 bits per heavy atom. The van der Waals surface area contributed by atoms with Crippen LogP contribution in [0.4, 0.5) is 0 Å². The normalized spacial score (nSPS) is 11.0. The molecule has 23 heavy (non-hydrogen) atoms. The maximum atomic E-state index is 11.5. The highest BCUT2D eigenvalue weighted by atomic mass is 16.5. The van der Waals surface area contributed by atoms with E-state index in [4.69, 9.17) is 9.26 Å². The number of rotatable bonds is 8. The summed E-state index contributed by atoms with van der Waals surface area (Å²) in [6, 6.07) is 7.05. The molecule has 0 aliphatic rings. The monoisotopic (exact) mass is 317 g/mol. The van der Waals surface area contributed by atoms with Gasteiger partial charge in [0, 0.05) is 24.8 Å². The number of hydrogen-bond donors (Lipinski definition) is 1. The summed E-state index contributed by atoms with van der Waals surface area (Å²) in [6.45, 7) is 5.40. The zero-order chi connectivity index (χ0) is 16.7. The molecule has 0 spiro atoms. The molecule has 0 aliphatic heterocycles. The van der Waals surface area contributed by atoms with Gasteiger partial charge in [-0.3, -0.25) is 4.79 Å². The molecule has 0 unspecified atom stereocenters. The van der Waals surface area contributed by atoms with Crippen LogP contribution in [0.5, 0.6) is 0 Å². The Balaban J connectivity index is 1.87. The fraction of sp³-hybridized carbons (Fsp3) is 0.471. The van der Waals surface area contributed by atoms with E-state index in [0.29, 0.717) is 36.4 Å². The Kier molecular flexibility index (Phi) is 6.29. The highest BCUT2D eigenvalue weighted by molar-refractivity contribution is 5.94. The van der Waals surface area contributed by atoms with Crippen LogP contribution in [-0.4, -0.2) is 29.7 Å². The van der Waals surface area contributed by atoms with Crippen molar-refractivity contribution in [3.63, 3.8) is 0 Å². The van der Waals surface area contributed by atoms with Gasteiger partial charge in [-0.2, -0.15) is 4.98 Å². The Morgan fingerprint density at radius 3 is 2.70 bits per heavy atom. The van der Waals surface area contributed by atoms with Gasteiger partial charge in [-0.15, -0.1) is 0 Å². The molecule has 2 rings (SSSR count). The molecule has 124 valence electrons. The minimum atomic E-state index is -0.125. The largest absolute Gasteiger partial charge is 0.372 e. The maximum absolute atomic E-state index is 11.5. The van der Waals surface area contributed by atoms with Crippen LogP contribution < -0.4 is 5.32 Å². The summed E-state index contributed by atoms with van der Waals surface area (Å²) in [5.41, 5.74) is 1.39. The average Bonchev–Trinajstić information content (AvgIpc) is 3.02. The first-order chi connectivity index (χ1) is 11.1. The SMILES string of the molecule is CNC(=O)c1ccc(-c2noc(COCCCC(C)C)n2)cc1. The molecule has 6 heteroatoms. The van der Waals surface area contributed by atoms with Crippen molar-refractivity contribution in [3.8, 4) is 11.4 Å². The summed E-state index contributed by atoms with van der Waals surface area (Å²) in [6.07, 6.45) is 2.17. The van der Waals surface area contributed by atoms with Gasteiger partial charge in [0.15, 0.2) is 0 Å². The van der Waals surface area contributed by atoms with Gasteiger partial charge < -0.3 is 14.6 Å². The van der Waals surface area contributed by atoms with Crippen molar-refractivity contribution < 1.29 is 14.1 Å². The fourth-order valence-corrected chi connectivity index (χ4v) is 2.10. The second-order valence-electron chi connectivity index (χ2n) is 5.76. The Hall–Kier alpha value is -2.21. The van der Waals surface area contributed by atoms with Crippen LogP contribution in [0, 0.1) is 5.92 Å². The second kappa shape index (κ2) is 8.43. The zero-order valence-corrected chi connectivity index (χ0v) is 13.8. The standard InChI is InChI=1S/C17H23N3O3/c1-12(2)5-4-10-22-11-15-19-16(20-23-15)13-6-8-14(9-7-13)17(21)18-3/h6-9,12H,4-5,10-11H2,1-3H3,(H,18,21). The zero-order valence-electron chi connectivity index (χ0n) is 13.8. The number of aromatic nitrogens is 2. The molecule has 1 heterocycles. The summed E-state index contributed by atoms with van der Waals surface area (Å²) in [7, 11) is 1.60. The summed E-state index contributed by atoms with van der Waals surface area (Å²) in [5, 5.41) is 6.52. The second-order valence-corrected chi connectivity index (χ2v) is 5.76. The van der Waals surface area contributed by atoms with E-state index >= 15 is 0 Å². The van der Waals surface area contributed by atoms with Crippen LogP contribution in [-0.2, 0) is 11.3 Å². The third kappa shape index (κ3) is 5.17. The summed E-state index contributed by atoms with van der Waals surface area (Å²) < 4.78 is 10.7. The summed E-state index contributed by atoms with van der Waals surface area (Å²) in [4.78, 5) is 15.8. The van der Waals surface area contributed by atoms with E-state index in [1.54, 1.807) is 31.3 Å². The Labute approximate surface area is 136 Å². The molecule has 0 saturated carbocycles. The van der Waals surface area contributed by atoms with E-state index in [1.165, 1.54) is 0 Å². The molecular formula is C17H23N3O3. The van der Waals surface area contributed by atoms with Gasteiger partial charge in [0.2, 0.25) is 5.82 Å². The Morgan fingerprint density at radius 1 is 1.30 bits per heavy atom. The molecule has 1 aromatic heterocycles. The van der Waals surface area contributed by atoms with E-state index in [2.05, 4.69) is 29.3 Å². The van der Waals surface area contributed by atoms with Crippen molar-refractivity contribution in [1.29, 1.82) is 0 Å². The smallest absolute Gasteiger partial charge is 0.252 e. The molecule has 0 radical (unpaired) electrons. The third-order valence-electron chi connectivity index (χ3n) is 3.40. The minimum Gasteiger partial charge on any atom is -0.372 e. The van der Waals surface area contributed by atoms with Gasteiger partial charge in [-0.1, -0.05) is 31.1 Å². The first-order valence-electron chi connectivity index (χ1n) is 7.83. The molecule has 1 amide bonds. The third-order valence-corrected chi connectivity index (χ3v) is 3.40. The predicted molar refractivity (Wildman–Crippen MR) is 86.9 cm³/mol.